The van der Waals surface area contributed by atoms with Crippen molar-refractivity contribution in [1.82, 2.24) is 9.78 Å². The van der Waals surface area contributed by atoms with Gasteiger partial charge in [-0.15, -0.1) is 0 Å². The number of fused-ring (bicyclic) bond motifs is 2. The molecule has 0 radical (unpaired) electrons. The first-order valence-corrected chi connectivity index (χ1v) is 6.92. The van der Waals surface area contributed by atoms with Gasteiger partial charge < -0.3 is 10.6 Å². The molecule has 1 saturated heterocycles. The zero-order valence-electron chi connectivity index (χ0n) is 11.1. The molecule has 2 bridgehead atoms. The fourth-order valence-corrected chi connectivity index (χ4v) is 3.46. The lowest BCUT2D eigenvalue weighted by molar-refractivity contribution is 0.464. The number of nitrogen functional groups attached to an aromatic ring is 1. The van der Waals surface area contributed by atoms with Crippen LogP contribution < -0.4 is 10.6 Å². The second-order valence-electron chi connectivity index (χ2n) is 5.59. The maximum absolute atomic E-state index is 5.78. The summed E-state index contributed by atoms with van der Waals surface area (Å²) >= 11 is 0. The van der Waals surface area contributed by atoms with Gasteiger partial charge in [0.2, 0.25) is 0 Å². The Bertz CT molecular complexity index is 618. The summed E-state index contributed by atoms with van der Waals surface area (Å²) in [6.07, 6.45) is 2.51. The van der Waals surface area contributed by atoms with E-state index in [0.717, 1.165) is 5.69 Å². The number of nitrogens with zero attached hydrogens (tertiary/aromatic N) is 3. The minimum atomic E-state index is 0.661. The van der Waals surface area contributed by atoms with Crippen molar-refractivity contribution in [3.63, 3.8) is 0 Å². The molecule has 19 heavy (non-hydrogen) atoms. The Hall–Kier alpha value is -1.97. The number of benzene rings is 1. The van der Waals surface area contributed by atoms with Crippen LogP contribution in [0.5, 0.6) is 0 Å². The summed E-state index contributed by atoms with van der Waals surface area (Å²) in [5.41, 5.74) is 11.7. The first-order chi connectivity index (χ1) is 9.24. The van der Waals surface area contributed by atoms with E-state index in [0.29, 0.717) is 5.92 Å². The van der Waals surface area contributed by atoms with Crippen LogP contribution in [0.25, 0.3) is 11.3 Å². The number of hydrogen-bond donors (Lipinski definition) is 1. The van der Waals surface area contributed by atoms with Crippen molar-refractivity contribution in [1.29, 1.82) is 0 Å². The standard InChI is InChI=1S/C15H18N4/c1-18-14(11-2-4-12(16)5-3-11)15-13(17-18)10-6-8-19(15)9-7-10/h2-5,10H,6-9,16H2,1H3. The first-order valence-electron chi connectivity index (χ1n) is 6.92. The van der Waals surface area contributed by atoms with E-state index in [1.165, 1.54) is 48.6 Å². The molecule has 98 valence electrons. The molecule has 2 aromatic rings. The van der Waals surface area contributed by atoms with Gasteiger partial charge in [0.05, 0.1) is 17.1 Å². The third kappa shape index (κ3) is 1.49. The molecule has 1 aromatic heterocycles. The molecule has 3 aliphatic heterocycles. The molecule has 0 atom stereocenters. The molecule has 1 aromatic carbocycles. The van der Waals surface area contributed by atoms with Crippen LogP contribution in [0.1, 0.15) is 24.5 Å². The van der Waals surface area contributed by atoms with E-state index in [4.69, 9.17) is 10.8 Å². The van der Waals surface area contributed by atoms with Gasteiger partial charge in [0.25, 0.3) is 0 Å². The van der Waals surface area contributed by atoms with Gasteiger partial charge in [-0.25, -0.2) is 0 Å². The summed E-state index contributed by atoms with van der Waals surface area (Å²) in [5, 5.41) is 4.78. The number of aromatic nitrogens is 2. The molecular formula is C15H18N4. The molecule has 3 aliphatic rings. The van der Waals surface area contributed by atoms with E-state index in [2.05, 4.69) is 17.0 Å². The zero-order valence-corrected chi connectivity index (χ0v) is 11.1. The van der Waals surface area contributed by atoms with Crippen molar-refractivity contribution in [2.75, 3.05) is 23.7 Å². The monoisotopic (exact) mass is 254 g/mol. The molecular weight excluding hydrogens is 236 g/mol. The van der Waals surface area contributed by atoms with Crippen LogP contribution in [0.4, 0.5) is 11.4 Å². The summed E-state index contributed by atoms with van der Waals surface area (Å²) in [4.78, 5) is 2.49. The van der Waals surface area contributed by atoms with Gasteiger partial charge >= 0.3 is 0 Å². The maximum atomic E-state index is 5.78. The minimum Gasteiger partial charge on any atom is -0.399 e. The number of aryl methyl sites for hydroxylation is 1. The summed E-state index contributed by atoms with van der Waals surface area (Å²) in [6, 6.07) is 8.11. The molecule has 4 nitrogen and oxygen atoms in total. The molecule has 4 heterocycles. The predicted molar refractivity (Wildman–Crippen MR) is 77.2 cm³/mol. The van der Waals surface area contributed by atoms with E-state index >= 15 is 0 Å². The highest BCUT2D eigenvalue weighted by Crippen LogP contribution is 2.46. The van der Waals surface area contributed by atoms with Crippen molar-refractivity contribution < 1.29 is 0 Å². The molecule has 0 spiro atoms. The Morgan fingerprint density at radius 2 is 1.84 bits per heavy atom. The smallest absolute Gasteiger partial charge is 0.0916 e. The van der Waals surface area contributed by atoms with E-state index in [1.807, 2.05) is 23.9 Å². The normalized spacial score (nSPS) is 17.8. The molecule has 0 amide bonds. The van der Waals surface area contributed by atoms with Crippen LogP contribution >= 0.6 is 0 Å². The average molecular weight is 254 g/mol. The third-order valence-electron chi connectivity index (χ3n) is 4.43. The second kappa shape index (κ2) is 3.76. The van der Waals surface area contributed by atoms with Crippen molar-refractivity contribution in [3.05, 3.63) is 30.0 Å². The molecule has 0 saturated carbocycles. The van der Waals surface area contributed by atoms with Gasteiger partial charge in [0.15, 0.2) is 0 Å². The Balaban J connectivity index is 1.92. The third-order valence-corrected chi connectivity index (χ3v) is 4.43. The Kier molecular flexibility index (Phi) is 2.16. The Labute approximate surface area is 112 Å². The fourth-order valence-electron chi connectivity index (χ4n) is 3.46. The van der Waals surface area contributed by atoms with Crippen LogP contribution in [0.3, 0.4) is 0 Å². The molecule has 5 rings (SSSR count). The van der Waals surface area contributed by atoms with E-state index in [-0.39, 0.29) is 0 Å². The van der Waals surface area contributed by atoms with Crippen LogP contribution in [0.2, 0.25) is 0 Å². The maximum Gasteiger partial charge on any atom is 0.0916 e. The highest BCUT2D eigenvalue weighted by Gasteiger charge is 2.36. The second-order valence-corrected chi connectivity index (χ2v) is 5.59. The average Bonchev–Trinajstić information content (AvgIpc) is 2.80. The van der Waals surface area contributed by atoms with Crippen molar-refractivity contribution in [2.24, 2.45) is 7.05 Å². The van der Waals surface area contributed by atoms with Crippen molar-refractivity contribution in [3.8, 4) is 11.3 Å². The van der Waals surface area contributed by atoms with Crippen LogP contribution in [0.15, 0.2) is 24.3 Å². The van der Waals surface area contributed by atoms with Gasteiger partial charge in [-0.2, -0.15) is 5.10 Å². The molecule has 2 N–H and O–H groups in total. The summed E-state index contributed by atoms with van der Waals surface area (Å²) in [5.74, 6) is 0.661. The van der Waals surface area contributed by atoms with Gasteiger partial charge in [0, 0.05) is 37.3 Å². The van der Waals surface area contributed by atoms with E-state index < -0.39 is 0 Å². The Morgan fingerprint density at radius 3 is 2.53 bits per heavy atom. The number of rotatable bonds is 1. The SMILES string of the molecule is Cn1nc2c(c1-c1ccc(N)cc1)N1CCC2CC1. The minimum absolute atomic E-state index is 0.661. The molecule has 0 aliphatic carbocycles. The first kappa shape index (κ1) is 10.9. The molecule has 4 heteroatoms. The number of nitrogens with two attached hydrogens (primary N) is 1. The van der Waals surface area contributed by atoms with Gasteiger partial charge in [-0.1, -0.05) is 12.1 Å². The van der Waals surface area contributed by atoms with Gasteiger partial charge in [-0.05, 0) is 25.0 Å². The van der Waals surface area contributed by atoms with Gasteiger partial charge in [-0.3, -0.25) is 4.68 Å². The lowest BCUT2D eigenvalue weighted by Gasteiger charge is -2.39. The fraction of sp³-hybridized carbons (Fsp3) is 0.400. The molecule has 0 unspecified atom stereocenters. The topological polar surface area (TPSA) is 47.1 Å². The largest absolute Gasteiger partial charge is 0.399 e. The summed E-state index contributed by atoms with van der Waals surface area (Å²) < 4.78 is 2.03. The predicted octanol–water partition coefficient (Wildman–Crippen LogP) is 2.37. The highest BCUT2D eigenvalue weighted by molar-refractivity contribution is 5.80. The molecule has 1 fully saturated rings. The highest BCUT2D eigenvalue weighted by atomic mass is 15.3. The van der Waals surface area contributed by atoms with E-state index in [1.54, 1.807) is 0 Å². The van der Waals surface area contributed by atoms with Crippen molar-refractivity contribution >= 4 is 11.4 Å². The quantitative estimate of drug-likeness (QED) is 0.795. The lowest BCUT2D eigenvalue weighted by atomic mass is 9.86. The number of piperidine rings is 1. The summed E-state index contributed by atoms with van der Waals surface area (Å²) in [6.45, 7) is 2.34. The van der Waals surface area contributed by atoms with Crippen molar-refractivity contribution in [2.45, 2.75) is 18.8 Å². The van der Waals surface area contributed by atoms with E-state index in [9.17, 15) is 0 Å². The number of anilines is 2. The zero-order chi connectivity index (χ0) is 13.0. The van der Waals surface area contributed by atoms with Gasteiger partial charge in [0.1, 0.15) is 0 Å². The Morgan fingerprint density at radius 1 is 1.16 bits per heavy atom. The van der Waals surface area contributed by atoms with Crippen LogP contribution in [-0.2, 0) is 7.05 Å². The van der Waals surface area contributed by atoms with Crippen LogP contribution in [0, 0.1) is 0 Å². The van der Waals surface area contributed by atoms with Crippen LogP contribution in [-0.4, -0.2) is 22.9 Å². The lowest BCUT2D eigenvalue weighted by Crippen LogP contribution is -2.38. The summed E-state index contributed by atoms with van der Waals surface area (Å²) in [7, 11) is 2.05. The number of hydrogen-bond acceptors (Lipinski definition) is 3.